The SMILES string of the molecule is CCNC1CC(C)CC(C)C1S(=O)c1cccs1. The predicted octanol–water partition coefficient (Wildman–Crippen LogP) is 3.27. The van der Waals surface area contributed by atoms with E-state index in [2.05, 4.69) is 26.1 Å². The molecule has 1 heterocycles. The van der Waals surface area contributed by atoms with E-state index >= 15 is 0 Å². The number of hydrogen-bond acceptors (Lipinski definition) is 3. The van der Waals surface area contributed by atoms with Crippen LogP contribution in [0.5, 0.6) is 0 Å². The molecule has 2 rings (SSSR count). The molecule has 1 aliphatic carbocycles. The summed E-state index contributed by atoms with van der Waals surface area (Å²) in [4.78, 5) is 0. The van der Waals surface area contributed by atoms with Crippen LogP contribution in [-0.2, 0) is 10.8 Å². The molecule has 0 amide bonds. The first kappa shape index (κ1) is 14.2. The smallest absolute Gasteiger partial charge is 0.0914 e. The molecule has 1 aliphatic rings. The van der Waals surface area contributed by atoms with Crippen LogP contribution >= 0.6 is 11.3 Å². The summed E-state index contributed by atoms with van der Waals surface area (Å²) in [5, 5.41) is 5.83. The quantitative estimate of drug-likeness (QED) is 0.920. The maximum atomic E-state index is 12.7. The molecule has 2 nitrogen and oxygen atoms in total. The Balaban J connectivity index is 2.18. The average Bonchev–Trinajstić information content (AvgIpc) is 2.81. The van der Waals surface area contributed by atoms with E-state index in [4.69, 9.17) is 0 Å². The second kappa shape index (κ2) is 6.31. The Labute approximate surface area is 117 Å². The standard InChI is InChI=1S/C14H23NOS2/c1-4-15-12-9-10(2)8-11(3)14(12)18(16)13-6-5-7-17-13/h5-7,10-12,14-15H,4,8-9H2,1-3H3. The second-order valence-corrected chi connectivity index (χ2v) is 8.20. The Kier molecular flexibility index (Phi) is 4.98. The van der Waals surface area contributed by atoms with Crippen LogP contribution in [0.1, 0.15) is 33.6 Å². The summed E-state index contributed by atoms with van der Waals surface area (Å²) in [5.41, 5.74) is 0. The zero-order valence-electron chi connectivity index (χ0n) is 11.4. The number of rotatable bonds is 4. The molecule has 1 aromatic rings. The highest BCUT2D eigenvalue weighted by atomic mass is 32.2. The van der Waals surface area contributed by atoms with E-state index in [0.717, 1.165) is 23.1 Å². The van der Waals surface area contributed by atoms with E-state index in [0.29, 0.717) is 12.0 Å². The monoisotopic (exact) mass is 285 g/mol. The number of hydrogen-bond donors (Lipinski definition) is 1. The zero-order valence-corrected chi connectivity index (χ0v) is 13.0. The van der Waals surface area contributed by atoms with Crippen molar-refractivity contribution in [2.24, 2.45) is 11.8 Å². The topological polar surface area (TPSA) is 29.1 Å². The van der Waals surface area contributed by atoms with Crippen LogP contribution in [0.15, 0.2) is 21.7 Å². The first-order valence-corrected chi connectivity index (χ1v) is 8.90. The molecule has 18 heavy (non-hydrogen) atoms. The van der Waals surface area contributed by atoms with Gasteiger partial charge in [-0.15, -0.1) is 11.3 Å². The summed E-state index contributed by atoms with van der Waals surface area (Å²) in [6.07, 6.45) is 2.35. The molecule has 4 heteroatoms. The molecule has 0 spiro atoms. The normalized spacial score (nSPS) is 34.4. The molecular formula is C14H23NOS2. The summed E-state index contributed by atoms with van der Waals surface area (Å²) in [7, 11) is -0.859. The van der Waals surface area contributed by atoms with Gasteiger partial charge in [-0.2, -0.15) is 0 Å². The van der Waals surface area contributed by atoms with Crippen LogP contribution in [0.4, 0.5) is 0 Å². The van der Waals surface area contributed by atoms with Gasteiger partial charge in [0.15, 0.2) is 0 Å². The lowest BCUT2D eigenvalue weighted by Gasteiger charge is -2.39. The summed E-state index contributed by atoms with van der Waals surface area (Å²) >= 11 is 1.62. The summed E-state index contributed by atoms with van der Waals surface area (Å²) in [6, 6.07) is 4.40. The van der Waals surface area contributed by atoms with Gasteiger partial charge in [0, 0.05) is 6.04 Å². The van der Waals surface area contributed by atoms with Crippen LogP contribution in [0, 0.1) is 11.8 Å². The van der Waals surface area contributed by atoms with Gasteiger partial charge in [0.2, 0.25) is 0 Å². The molecule has 1 saturated carbocycles. The Morgan fingerprint density at radius 3 is 2.83 bits per heavy atom. The Morgan fingerprint density at radius 2 is 2.22 bits per heavy atom. The summed E-state index contributed by atoms with van der Waals surface area (Å²) in [6.45, 7) is 7.67. The van der Waals surface area contributed by atoms with Crippen molar-refractivity contribution in [3.05, 3.63) is 17.5 Å². The Morgan fingerprint density at radius 1 is 1.44 bits per heavy atom. The minimum atomic E-state index is -0.859. The third-order valence-corrected chi connectivity index (χ3v) is 7.06. The molecule has 5 atom stereocenters. The van der Waals surface area contributed by atoms with Gasteiger partial charge in [0.05, 0.1) is 20.3 Å². The van der Waals surface area contributed by atoms with Crippen molar-refractivity contribution < 1.29 is 4.21 Å². The summed E-state index contributed by atoms with van der Waals surface area (Å²) in [5.74, 6) is 1.27. The highest BCUT2D eigenvalue weighted by Crippen LogP contribution is 2.35. The van der Waals surface area contributed by atoms with Gasteiger partial charge in [-0.05, 0) is 42.7 Å². The van der Waals surface area contributed by atoms with Crippen molar-refractivity contribution in [3.8, 4) is 0 Å². The number of thiophene rings is 1. The first-order valence-electron chi connectivity index (χ1n) is 6.81. The fourth-order valence-corrected chi connectivity index (χ4v) is 6.01. The van der Waals surface area contributed by atoms with Gasteiger partial charge >= 0.3 is 0 Å². The van der Waals surface area contributed by atoms with Gasteiger partial charge in [-0.1, -0.05) is 26.8 Å². The lowest BCUT2D eigenvalue weighted by Crippen LogP contribution is -2.49. The lowest BCUT2D eigenvalue weighted by atomic mass is 9.80. The molecular weight excluding hydrogens is 262 g/mol. The molecule has 1 aromatic heterocycles. The van der Waals surface area contributed by atoms with E-state index in [1.807, 2.05) is 17.5 Å². The van der Waals surface area contributed by atoms with Crippen LogP contribution in [0.2, 0.25) is 0 Å². The molecule has 0 saturated heterocycles. The van der Waals surface area contributed by atoms with Crippen LogP contribution in [0.25, 0.3) is 0 Å². The third-order valence-electron chi connectivity index (χ3n) is 3.79. The van der Waals surface area contributed by atoms with Gasteiger partial charge in [0.25, 0.3) is 0 Å². The maximum Gasteiger partial charge on any atom is 0.0914 e. The molecule has 5 unspecified atom stereocenters. The fraction of sp³-hybridized carbons (Fsp3) is 0.714. The van der Waals surface area contributed by atoms with Crippen molar-refractivity contribution >= 4 is 22.1 Å². The van der Waals surface area contributed by atoms with Gasteiger partial charge in [0.1, 0.15) is 0 Å². The zero-order chi connectivity index (χ0) is 13.1. The summed E-state index contributed by atoms with van der Waals surface area (Å²) < 4.78 is 13.8. The van der Waals surface area contributed by atoms with Crippen molar-refractivity contribution in [2.45, 2.75) is 49.1 Å². The largest absolute Gasteiger partial charge is 0.313 e. The van der Waals surface area contributed by atoms with E-state index in [1.165, 1.54) is 6.42 Å². The van der Waals surface area contributed by atoms with Crippen LogP contribution in [-0.4, -0.2) is 22.0 Å². The lowest BCUT2D eigenvalue weighted by molar-refractivity contribution is 0.248. The van der Waals surface area contributed by atoms with E-state index in [9.17, 15) is 4.21 Å². The molecule has 0 bridgehead atoms. The molecule has 1 fully saturated rings. The van der Waals surface area contributed by atoms with E-state index < -0.39 is 10.8 Å². The Bertz CT molecular complexity index is 391. The van der Waals surface area contributed by atoms with Crippen molar-refractivity contribution in [2.75, 3.05) is 6.54 Å². The third kappa shape index (κ3) is 3.03. The average molecular weight is 285 g/mol. The van der Waals surface area contributed by atoms with Crippen molar-refractivity contribution in [1.29, 1.82) is 0 Å². The number of nitrogens with one attached hydrogen (secondary N) is 1. The van der Waals surface area contributed by atoms with Crippen molar-refractivity contribution in [3.63, 3.8) is 0 Å². The van der Waals surface area contributed by atoms with Crippen LogP contribution in [0.3, 0.4) is 0 Å². The molecule has 102 valence electrons. The molecule has 1 N–H and O–H groups in total. The van der Waals surface area contributed by atoms with E-state index in [1.54, 1.807) is 11.3 Å². The molecule has 0 radical (unpaired) electrons. The predicted molar refractivity (Wildman–Crippen MR) is 79.5 cm³/mol. The second-order valence-electron chi connectivity index (χ2n) is 5.41. The van der Waals surface area contributed by atoms with Crippen molar-refractivity contribution in [1.82, 2.24) is 5.32 Å². The van der Waals surface area contributed by atoms with Gasteiger partial charge in [-0.25, -0.2) is 0 Å². The maximum absolute atomic E-state index is 12.7. The molecule has 0 aliphatic heterocycles. The van der Waals surface area contributed by atoms with E-state index in [-0.39, 0.29) is 5.25 Å². The Hall–Kier alpha value is -0.190. The highest BCUT2D eigenvalue weighted by Gasteiger charge is 2.38. The first-order chi connectivity index (χ1) is 8.63. The fourth-order valence-electron chi connectivity index (χ4n) is 3.16. The van der Waals surface area contributed by atoms with Gasteiger partial charge in [-0.3, -0.25) is 4.21 Å². The molecule has 0 aromatic carbocycles. The highest BCUT2D eigenvalue weighted by molar-refractivity contribution is 7.88. The minimum absolute atomic E-state index is 0.264. The van der Waals surface area contributed by atoms with Gasteiger partial charge < -0.3 is 5.32 Å². The van der Waals surface area contributed by atoms with Crippen LogP contribution < -0.4 is 5.32 Å². The minimum Gasteiger partial charge on any atom is -0.313 e.